The van der Waals surface area contributed by atoms with Gasteiger partial charge in [0.1, 0.15) is 4.90 Å². The van der Waals surface area contributed by atoms with Crippen molar-refractivity contribution in [1.82, 2.24) is 14.5 Å². The molecule has 0 bridgehead atoms. The lowest BCUT2D eigenvalue weighted by Gasteiger charge is -2.26. The van der Waals surface area contributed by atoms with Crippen molar-refractivity contribution in [2.75, 3.05) is 26.3 Å². The highest BCUT2D eigenvalue weighted by atomic mass is 35.5. The Morgan fingerprint density at radius 1 is 1.29 bits per heavy atom. The molecule has 0 saturated carbocycles. The number of rotatable bonds is 2. The van der Waals surface area contributed by atoms with Gasteiger partial charge in [-0.3, -0.25) is 5.10 Å². The lowest BCUT2D eigenvalue weighted by atomic mass is 10.4. The van der Waals surface area contributed by atoms with Crippen molar-refractivity contribution in [2.24, 2.45) is 0 Å². The van der Waals surface area contributed by atoms with Crippen LogP contribution in [0.25, 0.3) is 0 Å². The molecule has 1 N–H and O–H groups in total. The second-order valence-electron chi connectivity index (χ2n) is 3.78. The molecule has 1 aliphatic rings. The fraction of sp³-hybridized carbons (Fsp3) is 0.667. The van der Waals surface area contributed by atoms with Gasteiger partial charge in [-0.2, -0.15) is 9.40 Å². The molecular formula is C9H16ClN3O3S. The summed E-state index contributed by atoms with van der Waals surface area (Å²) in [6.45, 7) is 5.13. The topological polar surface area (TPSA) is 75.3 Å². The quantitative estimate of drug-likeness (QED) is 0.855. The minimum atomic E-state index is -3.42. The number of ether oxygens (including phenoxy) is 1. The van der Waals surface area contributed by atoms with E-state index in [9.17, 15) is 8.42 Å². The first-order chi connectivity index (χ1) is 7.53. The zero-order valence-corrected chi connectivity index (χ0v) is 11.4. The smallest absolute Gasteiger partial charge is 0.246 e. The Morgan fingerprint density at radius 3 is 2.35 bits per heavy atom. The van der Waals surface area contributed by atoms with Gasteiger partial charge in [0, 0.05) is 13.1 Å². The average molecular weight is 282 g/mol. The number of H-pyrrole nitrogens is 1. The maximum Gasteiger partial charge on any atom is 0.246 e. The Bertz CT molecular complexity index is 460. The van der Waals surface area contributed by atoms with Crippen molar-refractivity contribution in [3.63, 3.8) is 0 Å². The van der Waals surface area contributed by atoms with Gasteiger partial charge in [0.25, 0.3) is 0 Å². The third kappa shape index (κ3) is 2.62. The van der Waals surface area contributed by atoms with Crippen LogP contribution >= 0.6 is 12.4 Å². The average Bonchev–Trinajstić information content (AvgIpc) is 2.60. The predicted octanol–water partition coefficient (Wildman–Crippen LogP) is 0.469. The number of hydrogen-bond acceptors (Lipinski definition) is 4. The summed E-state index contributed by atoms with van der Waals surface area (Å²) in [7, 11) is -3.42. The van der Waals surface area contributed by atoms with Gasteiger partial charge in [-0.05, 0) is 13.8 Å². The highest BCUT2D eigenvalue weighted by Crippen LogP contribution is 2.22. The highest BCUT2D eigenvalue weighted by molar-refractivity contribution is 7.89. The van der Waals surface area contributed by atoms with Crippen LogP contribution in [0.2, 0.25) is 0 Å². The molecule has 0 amide bonds. The number of nitrogens with one attached hydrogen (secondary N) is 1. The largest absolute Gasteiger partial charge is 0.379 e. The molecule has 1 aromatic heterocycles. The van der Waals surface area contributed by atoms with E-state index < -0.39 is 10.0 Å². The van der Waals surface area contributed by atoms with E-state index in [-0.39, 0.29) is 12.4 Å². The summed E-state index contributed by atoms with van der Waals surface area (Å²) in [5.41, 5.74) is 1.10. The van der Waals surface area contributed by atoms with Gasteiger partial charge < -0.3 is 4.74 Å². The molecule has 8 heteroatoms. The molecule has 2 rings (SSSR count). The van der Waals surface area contributed by atoms with Gasteiger partial charge in [-0.1, -0.05) is 0 Å². The maximum absolute atomic E-state index is 12.3. The summed E-state index contributed by atoms with van der Waals surface area (Å²) in [5, 5.41) is 6.61. The summed E-state index contributed by atoms with van der Waals surface area (Å²) in [4.78, 5) is 0.300. The number of aromatic amines is 1. The van der Waals surface area contributed by atoms with Crippen molar-refractivity contribution in [3.05, 3.63) is 11.4 Å². The van der Waals surface area contributed by atoms with Crippen LogP contribution in [0.5, 0.6) is 0 Å². The molecule has 0 radical (unpaired) electrons. The standard InChI is InChI=1S/C9H15N3O3S.ClH/c1-7-9(8(2)11-10-7)16(13,14)12-3-5-15-6-4-12;/h3-6H2,1-2H3,(H,10,11);1H. The number of hydrogen-bond donors (Lipinski definition) is 1. The molecule has 2 heterocycles. The number of morpholine rings is 1. The minimum absolute atomic E-state index is 0. The van der Waals surface area contributed by atoms with Crippen LogP contribution in [0.4, 0.5) is 0 Å². The highest BCUT2D eigenvalue weighted by Gasteiger charge is 2.30. The van der Waals surface area contributed by atoms with Crippen molar-refractivity contribution in [3.8, 4) is 0 Å². The molecule has 1 aliphatic heterocycles. The van der Waals surface area contributed by atoms with Gasteiger partial charge >= 0.3 is 0 Å². The van der Waals surface area contributed by atoms with Crippen molar-refractivity contribution in [2.45, 2.75) is 18.7 Å². The summed E-state index contributed by atoms with van der Waals surface area (Å²) in [5.74, 6) is 0. The first-order valence-corrected chi connectivity index (χ1v) is 6.57. The Kier molecular flexibility index (Phi) is 4.54. The molecule has 0 spiro atoms. The molecule has 6 nitrogen and oxygen atoms in total. The van der Waals surface area contributed by atoms with E-state index in [1.165, 1.54) is 4.31 Å². The number of halogens is 1. The minimum Gasteiger partial charge on any atom is -0.379 e. The molecule has 0 unspecified atom stereocenters. The van der Waals surface area contributed by atoms with Gasteiger partial charge in [-0.15, -0.1) is 12.4 Å². The second-order valence-corrected chi connectivity index (χ2v) is 5.65. The van der Waals surface area contributed by atoms with E-state index in [1.54, 1.807) is 13.8 Å². The van der Waals surface area contributed by atoms with Crippen LogP contribution in [-0.2, 0) is 14.8 Å². The number of nitrogens with zero attached hydrogens (tertiary/aromatic N) is 2. The number of aromatic nitrogens is 2. The number of aryl methyl sites for hydroxylation is 2. The summed E-state index contributed by atoms with van der Waals surface area (Å²) in [6, 6.07) is 0. The molecule has 1 saturated heterocycles. The lowest BCUT2D eigenvalue weighted by Crippen LogP contribution is -2.40. The Morgan fingerprint density at radius 2 is 1.88 bits per heavy atom. The van der Waals surface area contributed by atoms with E-state index in [0.29, 0.717) is 42.6 Å². The van der Waals surface area contributed by atoms with Gasteiger partial charge in [0.2, 0.25) is 10.0 Å². The van der Waals surface area contributed by atoms with E-state index in [2.05, 4.69) is 10.2 Å². The van der Waals surface area contributed by atoms with Gasteiger partial charge in [-0.25, -0.2) is 8.42 Å². The first kappa shape index (κ1) is 14.4. The lowest BCUT2D eigenvalue weighted by molar-refractivity contribution is 0.0730. The van der Waals surface area contributed by atoms with E-state index in [4.69, 9.17) is 4.74 Å². The normalized spacial score (nSPS) is 17.8. The monoisotopic (exact) mass is 281 g/mol. The van der Waals surface area contributed by atoms with Crippen LogP contribution in [0.1, 0.15) is 11.4 Å². The first-order valence-electron chi connectivity index (χ1n) is 5.13. The summed E-state index contributed by atoms with van der Waals surface area (Å²) < 4.78 is 31.2. The Balaban J connectivity index is 0.00000144. The van der Waals surface area contributed by atoms with Crippen LogP contribution in [-0.4, -0.2) is 49.2 Å². The van der Waals surface area contributed by atoms with Crippen LogP contribution in [0.15, 0.2) is 4.90 Å². The molecule has 0 aromatic carbocycles. The molecule has 1 aromatic rings. The molecule has 1 fully saturated rings. The second kappa shape index (κ2) is 5.34. The van der Waals surface area contributed by atoms with Crippen molar-refractivity contribution < 1.29 is 13.2 Å². The van der Waals surface area contributed by atoms with E-state index in [1.807, 2.05) is 0 Å². The summed E-state index contributed by atoms with van der Waals surface area (Å²) >= 11 is 0. The molecule has 0 aliphatic carbocycles. The molecule has 17 heavy (non-hydrogen) atoms. The van der Waals surface area contributed by atoms with Gasteiger partial charge in [0.05, 0.1) is 24.6 Å². The van der Waals surface area contributed by atoms with Crippen molar-refractivity contribution in [1.29, 1.82) is 0 Å². The molecular weight excluding hydrogens is 266 g/mol. The van der Waals surface area contributed by atoms with Crippen LogP contribution < -0.4 is 0 Å². The third-order valence-electron chi connectivity index (χ3n) is 2.63. The Labute approximate surface area is 107 Å². The summed E-state index contributed by atoms with van der Waals surface area (Å²) in [6.07, 6.45) is 0. The maximum atomic E-state index is 12.3. The van der Waals surface area contributed by atoms with Gasteiger partial charge in [0.15, 0.2) is 0 Å². The zero-order chi connectivity index (χ0) is 11.8. The fourth-order valence-corrected chi connectivity index (χ4v) is 3.58. The third-order valence-corrected chi connectivity index (χ3v) is 4.79. The van der Waals surface area contributed by atoms with E-state index in [0.717, 1.165) is 0 Å². The zero-order valence-electron chi connectivity index (χ0n) is 9.76. The predicted molar refractivity (Wildman–Crippen MR) is 64.9 cm³/mol. The SMILES string of the molecule is Cc1n[nH]c(C)c1S(=O)(=O)N1CCOCC1.Cl. The van der Waals surface area contributed by atoms with Crippen LogP contribution in [0.3, 0.4) is 0 Å². The Hall–Kier alpha value is -0.630. The van der Waals surface area contributed by atoms with E-state index >= 15 is 0 Å². The number of sulfonamides is 1. The fourth-order valence-electron chi connectivity index (χ4n) is 1.84. The molecule has 98 valence electrons. The molecule has 0 atom stereocenters. The van der Waals surface area contributed by atoms with Crippen LogP contribution in [0, 0.1) is 13.8 Å². The van der Waals surface area contributed by atoms with Crippen molar-refractivity contribution >= 4 is 22.4 Å².